The lowest BCUT2D eigenvalue weighted by Gasteiger charge is -2.14. The zero-order valence-corrected chi connectivity index (χ0v) is 7.82. The number of hydrogen-bond acceptors (Lipinski definition) is 4. The highest BCUT2D eigenvalue weighted by atomic mass is 16.3. The first-order valence-electron chi connectivity index (χ1n) is 4.48. The van der Waals surface area contributed by atoms with Crippen LogP contribution in [0.15, 0.2) is 34.1 Å². The van der Waals surface area contributed by atoms with Gasteiger partial charge in [0.05, 0.1) is 11.8 Å². The third-order valence-corrected chi connectivity index (χ3v) is 2.18. The number of aliphatic hydroxyl groups excluding tert-OH is 1. The van der Waals surface area contributed by atoms with Crippen molar-refractivity contribution < 1.29 is 19.1 Å². The number of hydrogen-bond donors (Lipinski definition) is 2. The van der Waals surface area contributed by atoms with Gasteiger partial charge in [-0.2, -0.15) is 0 Å². The maximum absolute atomic E-state index is 11.7. The maximum atomic E-state index is 11.7. The van der Waals surface area contributed by atoms with Gasteiger partial charge < -0.3 is 14.8 Å². The number of nitrogens with one attached hydrogen (secondary N) is 1. The van der Waals surface area contributed by atoms with Gasteiger partial charge in [-0.05, 0) is 18.6 Å². The molecule has 1 aliphatic heterocycles. The summed E-state index contributed by atoms with van der Waals surface area (Å²) in [6, 6.07) is 3.07. The third-order valence-electron chi connectivity index (χ3n) is 2.18. The van der Waals surface area contributed by atoms with E-state index in [1.54, 1.807) is 6.07 Å². The summed E-state index contributed by atoms with van der Waals surface area (Å²) in [4.78, 5) is 22.8. The molecule has 2 heterocycles. The normalized spacial score (nSPS) is 16.4. The first-order chi connectivity index (χ1) is 7.20. The van der Waals surface area contributed by atoms with Crippen LogP contribution in [0.3, 0.4) is 0 Å². The largest absolute Gasteiger partial charge is 0.503 e. The first kappa shape index (κ1) is 9.51. The van der Waals surface area contributed by atoms with Gasteiger partial charge in [0, 0.05) is 6.54 Å². The Morgan fingerprint density at radius 2 is 2.33 bits per heavy atom. The van der Waals surface area contributed by atoms with Crippen molar-refractivity contribution in [3.05, 3.63) is 35.5 Å². The summed E-state index contributed by atoms with van der Waals surface area (Å²) in [5.74, 6) is -1.43. The molecule has 15 heavy (non-hydrogen) atoms. The molecule has 78 valence electrons. The number of rotatable bonds is 2. The molecule has 0 aromatic carbocycles. The average Bonchev–Trinajstić information content (AvgIpc) is 2.74. The van der Waals surface area contributed by atoms with Gasteiger partial charge in [-0.15, -0.1) is 0 Å². The Bertz CT molecular complexity index is 430. The average molecular weight is 207 g/mol. The molecule has 0 unspecified atom stereocenters. The van der Waals surface area contributed by atoms with Crippen LogP contribution in [0.2, 0.25) is 0 Å². The van der Waals surface area contributed by atoms with E-state index in [4.69, 9.17) is 4.42 Å². The van der Waals surface area contributed by atoms with Crippen LogP contribution >= 0.6 is 0 Å². The molecule has 0 spiro atoms. The van der Waals surface area contributed by atoms with E-state index in [0.29, 0.717) is 13.0 Å². The Balaban J connectivity index is 2.35. The zero-order valence-electron chi connectivity index (χ0n) is 7.82. The van der Waals surface area contributed by atoms with Crippen molar-refractivity contribution in [3.63, 3.8) is 0 Å². The van der Waals surface area contributed by atoms with Gasteiger partial charge in [-0.1, -0.05) is 0 Å². The number of ketones is 1. The lowest BCUT2D eigenvalue weighted by molar-refractivity contribution is -0.120. The van der Waals surface area contributed by atoms with Crippen LogP contribution in [0.5, 0.6) is 0 Å². The second kappa shape index (κ2) is 3.61. The van der Waals surface area contributed by atoms with E-state index in [-0.39, 0.29) is 11.3 Å². The van der Waals surface area contributed by atoms with E-state index >= 15 is 0 Å². The van der Waals surface area contributed by atoms with Crippen LogP contribution in [0.25, 0.3) is 0 Å². The van der Waals surface area contributed by atoms with Gasteiger partial charge in [-0.25, -0.2) is 0 Å². The molecule has 0 aliphatic carbocycles. The van der Waals surface area contributed by atoms with Gasteiger partial charge in [0.2, 0.25) is 5.78 Å². The summed E-state index contributed by atoms with van der Waals surface area (Å²) < 4.78 is 4.91. The Labute approximate surface area is 85.4 Å². The van der Waals surface area contributed by atoms with Crippen molar-refractivity contribution in [2.75, 3.05) is 6.54 Å². The molecule has 1 amide bonds. The summed E-state index contributed by atoms with van der Waals surface area (Å²) >= 11 is 0. The summed E-state index contributed by atoms with van der Waals surface area (Å²) in [5.41, 5.74) is 0.105. The fraction of sp³-hybridized carbons (Fsp3) is 0.200. The van der Waals surface area contributed by atoms with Gasteiger partial charge in [-0.3, -0.25) is 9.59 Å². The van der Waals surface area contributed by atoms with Gasteiger partial charge >= 0.3 is 0 Å². The number of aliphatic hydroxyl groups is 1. The van der Waals surface area contributed by atoms with E-state index in [0.717, 1.165) is 0 Å². The van der Waals surface area contributed by atoms with Crippen LogP contribution in [0, 0.1) is 0 Å². The highest BCUT2D eigenvalue weighted by Crippen LogP contribution is 2.17. The van der Waals surface area contributed by atoms with Crippen molar-refractivity contribution in [2.24, 2.45) is 0 Å². The summed E-state index contributed by atoms with van der Waals surface area (Å²) in [6.45, 7) is 0.352. The molecule has 0 bridgehead atoms. The highest BCUT2D eigenvalue weighted by Gasteiger charge is 2.26. The van der Waals surface area contributed by atoms with Crippen LogP contribution in [0.4, 0.5) is 0 Å². The first-order valence-corrected chi connectivity index (χ1v) is 4.48. The smallest absolute Gasteiger partial charge is 0.286 e. The third kappa shape index (κ3) is 1.63. The second-order valence-electron chi connectivity index (χ2n) is 3.14. The number of carbonyl (C=O) groups excluding carboxylic acids is 2. The fourth-order valence-corrected chi connectivity index (χ4v) is 1.42. The van der Waals surface area contributed by atoms with Crippen molar-refractivity contribution in [3.8, 4) is 0 Å². The quantitative estimate of drug-likeness (QED) is 0.703. The molecule has 0 saturated carbocycles. The van der Waals surface area contributed by atoms with E-state index in [9.17, 15) is 14.7 Å². The molecule has 2 rings (SSSR count). The lowest BCUT2D eigenvalue weighted by atomic mass is 10.0. The highest BCUT2D eigenvalue weighted by molar-refractivity contribution is 6.12. The molecule has 1 aromatic heterocycles. The molecule has 1 aromatic rings. The summed E-state index contributed by atoms with van der Waals surface area (Å²) in [6.07, 6.45) is 1.69. The van der Waals surface area contributed by atoms with Gasteiger partial charge in [0.25, 0.3) is 5.91 Å². The molecule has 0 atom stereocenters. The maximum Gasteiger partial charge on any atom is 0.286 e. The SMILES string of the molecule is O=C1NCCC(C(=O)c2ccco2)=C1O. The Morgan fingerprint density at radius 1 is 1.53 bits per heavy atom. The van der Waals surface area contributed by atoms with E-state index in [1.165, 1.54) is 12.3 Å². The number of amides is 1. The summed E-state index contributed by atoms with van der Waals surface area (Å²) in [5, 5.41) is 11.8. The molecular formula is C10H9NO4. The number of Topliss-reactive ketones (excluding diaryl/α,β-unsaturated/α-hetero) is 1. The van der Waals surface area contributed by atoms with Crippen molar-refractivity contribution >= 4 is 11.7 Å². The molecule has 0 fully saturated rings. The zero-order chi connectivity index (χ0) is 10.8. The number of furan rings is 1. The van der Waals surface area contributed by atoms with Crippen LogP contribution in [-0.4, -0.2) is 23.3 Å². The Kier molecular flexibility index (Phi) is 2.29. The van der Waals surface area contributed by atoms with Crippen molar-refractivity contribution in [2.45, 2.75) is 6.42 Å². The monoisotopic (exact) mass is 207 g/mol. The minimum Gasteiger partial charge on any atom is -0.503 e. The topological polar surface area (TPSA) is 79.5 Å². The minimum absolute atomic E-state index is 0.105. The van der Waals surface area contributed by atoms with Gasteiger partial charge in [0.15, 0.2) is 11.5 Å². The Morgan fingerprint density at radius 3 is 3.00 bits per heavy atom. The molecule has 2 N–H and O–H groups in total. The predicted molar refractivity (Wildman–Crippen MR) is 50.3 cm³/mol. The molecule has 0 radical (unpaired) electrons. The van der Waals surface area contributed by atoms with Crippen molar-refractivity contribution in [1.82, 2.24) is 5.32 Å². The summed E-state index contributed by atoms with van der Waals surface area (Å²) in [7, 11) is 0. The molecule has 5 nitrogen and oxygen atoms in total. The van der Waals surface area contributed by atoms with Crippen LogP contribution in [0.1, 0.15) is 17.0 Å². The molecule has 0 saturated heterocycles. The molecule has 5 heteroatoms. The predicted octanol–water partition coefficient (Wildman–Crippen LogP) is 0.794. The Hall–Kier alpha value is -2.04. The molecule has 1 aliphatic rings. The second-order valence-corrected chi connectivity index (χ2v) is 3.14. The fourth-order valence-electron chi connectivity index (χ4n) is 1.42. The van der Waals surface area contributed by atoms with Crippen molar-refractivity contribution in [1.29, 1.82) is 0 Å². The minimum atomic E-state index is -0.615. The lowest BCUT2D eigenvalue weighted by Crippen LogP contribution is -2.33. The molecular weight excluding hydrogens is 198 g/mol. The van der Waals surface area contributed by atoms with E-state index in [1.807, 2.05) is 0 Å². The van der Waals surface area contributed by atoms with E-state index in [2.05, 4.69) is 5.32 Å². The van der Waals surface area contributed by atoms with Crippen LogP contribution < -0.4 is 5.32 Å². The number of carbonyl (C=O) groups is 2. The van der Waals surface area contributed by atoms with Crippen LogP contribution in [-0.2, 0) is 4.79 Å². The van der Waals surface area contributed by atoms with Gasteiger partial charge in [0.1, 0.15) is 0 Å². The standard InChI is InChI=1S/C10H9NO4/c12-8(7-2-1-5-15-7)6-3-4-11-10(14)9(6)13/h1-2,5,13H,3-4H2,(H,11,14). The van der Waals surface area contributed by atoms with E-state index < -0.39 is 17.4 Å².